The van der Waals surface area contributed by atoms with E-state index in [1.165, 1.54) is 5.69 Å². The predicted molar refractivity (Wildman–Crippen MR) is 77.6 cm³/mol. The van der Waals surface area contributed by atoms with Crippen LogP contribution >= 0.6 is 11.6 Å². The lowest BCUT2D eigenvalue weighted by Crippen LogP contribution is -2.37. The van der Waals surface area contributed by atoms with Gasteiger partial charge in [0, 0.05) is 32.1 Å². The molecule has 0 aromatic carbocycles. The molecule has 0 bridgehead atoms. The van der Waals surface area contributed by atoms with Gasteiger partial charge < -0.3 is 4.74 Å². The maximum absolute atomic E-state index is 5.70. The van der Waals surface area contributed by atoms with Gasteiger partial charge in [-0.1, -0.05) is 0 Å². The summed E-state index contributed by atoms with van der Waals surface area (Å²) in [5.74, 6) is 0.592. The predicted octanol–water partition coefficient (Wildman–Crippen LogP) is 2.43. The first-order chi connectivity index (χ1) is 9.22. The van der Waals surface area contributed by atoms with Crippen molar-refractivity contribution in [3.8, 4) is 0 Å². The Hall–Kier alpha value is -0.580. The van der Waals surface area contributed by atoms with Crippen molar-refractivity contribution in [2.75, 3.05) is 25.6 Å². The van der Waals surface area contributed by atoms with Gasteiger partial charge in [0.25, 0.3) is 0 Å². The minimum Gasteiger partial charge on any atom is -0.377 e. The zero-order valence-corrected chi connectivity index (χ0v) is 12.7. The number of rotatable bonds is 6. The van der Waals surface area contributed by atoms with Crippen LogP contribution in [0.15, 0.2) is 6.07 Å². The van der Waals surface area contributed by atoms with Crippen molar-refractivity contribution in [3.63, 3.8) is 0 Å². The molecule has 0 unspecified atom stereocenters. The molecule has 1 aromatic heterocycles. The van der Waals surface area contributed by atoms with E-state index in [9.17, 15) is 0 Å². The normalized spacial score (nSPS) is 18.1. The van der Waals surface area contributed by atoms with Crippen molar-refractivity contribution in [2.24, 2.45) is 0 Å². The molecule has 1 aliphatic heterocycles. The van der Waals surface area contributed by atoms with E-state index >= 15 is 0 Å². The first-order valence-electron chi connectivity index (χ1n) is 7.16. The van der Waals surface area contributed by atoms with E-state index in [4.69, 9.17) is 16.3 Å². The fourth-order valence-electron chi connectivity index (χ4n) is 2.67. The molecule has 0 aliphatic carbocycles. The second-order valence-corrected chi connectivity index (χ2v) is 5.51. The molecule has 108 valence electrons. The highest BCUT2D eigenvalue weighted by Crippen LogP contribution is 2.17. The van der Waals surface area contributed by atoms with Crippen LogP contribution in [0.3, 0.4) is 0 Å². The number of likely N-dealkylation sites (tertiary alicyclic amines) is 1. The maximum Gasteiger partial charge on any atom is 0.0605 e. The van der Waals surface area contributed by atoms with Crippen molar-refractivity contribution < 1.29 is 4.74 Å². The lowest BCUT2D eigenvalue weighted by Gasteiger charge is -2.31. The molecular formula is C14H24ClN3O. The Bertz CT molecular complexity index is 386. The molecule has 2 heterocycles. The highest BCUT2D eigenvalue weighted by atomic mass is 35.5. The molecule has 1 saturated heterocycles. The zero-order valence-electron chi connectivity index (χ0n) is 11.9. The lowest BCUT2D eigenvalue weighted by atomic mass is 10.1. The lowest BCUT2D eigenvalue weighted by molar-refractivity contribution is 0.0129. The quantitative estimate of drug-likeness (QED) is 0.752. The van der Waals surface area contributed by atoms with E-state index in [0.717, 1.165) is 44.7 Å². The number of hydrogen-bond donors (Lipinski definition) is 0. The summed E-state index contributed by atoms with van der Waals surface area (Å²) < 4.78 is 7.81. The van der Waals surface area contributed by atoms with Gasteiger partial charge in [-0.2, -0.15) is 5.10 Å². The minimum atomic E-state index is 0.396. The van der Waals surface area contributed by atoms with Crippen LogP contribution in [0.4, 0.5) is 0 Å². The van der Waals surface area contributed by atoms with Crippen LogP contribution in [0.25, 0.3) is 0 Å². The van der Waals surface area contributed by atoms with Crippen LogP contribution in [0.5, 0.6) is 0 Å². The van der Waals surface area contributed by atoms with E-state index in [0.29, 0.717) is 18.6 Å². The van der Waals surface area contributed by atoms with Gasteiger partial charge in [-0.05, 0) is 32.8 Å². The second kappa shape index (κ2) is 7.27. The molecule has 1 aromatic rings. The molecule has 0 spiro atoms. The smallest absolute Gasteiger partial charge is 0.0605 e. The average molecular weight is 286 g/mol. The third kappa shape index (κ3) is 4.20. The number of ether oxygens (including phenoxy) is 1. The molecule has 0 atom stereocenters. The summed E-state index contributed by atoms with van der Waals surface area (Å²) in [7, 11) is 0. The molecule has 5 heteroatoms. The summed E-state index contributed by atoms with van der Waals surface area (Å²) in [6, 6.07) is 2.19. The first kappa shape index (κ1) is 14.8. The average Bonchev–Trinajstić information content (AvgIpc) is 2.78. The van der Waals surface area contributed by atoms with Gasteiger partial charge in [0.15, 0.2) is 0 Å². The van der Waals surface area contributed by atoms with E-state index in [1.54, 1.807) is 0 Å². The molecule has 0 radical (unpaired) electrons. The second-order valence-electron chi connectivity index (χ2n) is 5.13. The van der Waals surface area contributed by atoms with Gasteiger partial charge in [-0.3, -0.25) is 9.58 Å². The Balaban J connectivity index is 1.81. The van der Waals surface area contributed by atoms with Gasteiger partial charge >= 0.3 is 0 Å². The molecule has 2 rings (SSSR count). The number of aromatic nitrogens is 2. The van der Waals surface area contributed by atoms with Crippen LogP contribution in [-0.4, -0.2) is 46.4 Å². The fourth-order valence-corrected chi connectivity index (χ4v) is 2.76. The largest absolute Gasteiger partial charge is 0.377 e. The molecule has 4 nitrogen and oxygen atoms in total. The molecule has 1 aliphatic rings. The monoisotopic (exact) mass is 285 g/mol. The van der Waals surface area contributed by atoms with Crippen molar-refractivity contribution in [3.05, 3.63) is 17.5 Å². The van der Waals surface area contributed by atoms with Gasteiger partial charge in [0.2, 0.25) is 0 Å². The van der Waals surface area contributed by atoms with Crippen LogP contribution in [0, 0.1) is 6.92 Å². The molecule has 0 saturated carbocycles. The van der Waals surface area contributed by atoms with Crippen LogP contribution in [0.2, 0.25) is 0 Å². The van der Waals surface area contributed by atoms with Crippen molar-refractivity contribution in [1.29, 1.82) is 0 Å². The zero-order chi connectivity index (χ0) is 13.7. The Labute approximate surface area is 120 Å². The summed E-state index contributed by atoms with van der Waals surface area (Å²) in [6.07, 6.45) is 2.61. The van der Waals surface area contributed by atoms with Crippen molar-refractivity contribution in [2.45, 2.75) is 45.9 Å². The van der Waals surface area contributed by atoms with Crippen molar-refractivity contribution >= 4 is 11.6 Å². The van der Waals surface area contributed by atoms with Gasteiger partial charge in [0.1, 0.15) is 0 Å². The Morgan fingerprint density at radius 1 is 1.42 bits per heavy atom. The number of alkyl halides is 1. The van der Waals surface area contributed by atoms with Crippen molar-refractivity contribution in [1.82, 2.24) is 14.7 Å². The third-order valence-electron chi connectivity index (χ3n) is 3.64. The molecule has 1 fully saturated rings. The van der Waals surface area contributed by atoms with E-state index in [1.807, 2.05) is 0 Å². The van der Waals surface area contributed by atoms with E-state index < -0.39 is 0 Å². The molecule has 19 heavy (non-hydrogen) atoms. The van der Waals surface area contributed by atoms with Gasteiger partial charge in [-0.15, -0.1) is 11.6 Å². The standard InChI is InChI=1S/C14H24ClN3O/c1-3-18-13(10-12(2)16-18)11-17-7-4-14(5-8-17)19-9-6-15/h10,14H,3-9,11H2,1-2H3. The number of halogens is 1. The van der Waals surface area contributed by atoms with E-state index in [-0.39, 0.29) is 0 Å². The summed E-state index contributed by atoms with van der Waals surface area (Å²) in [5.41, 5.74) is 2.43. The number of aryl methyl sites for hydroxylation is 2. The number of nitrogens with zero attached hydrogens (tertiary/aromatic N) is 3. The van der Waals surface area contributed by atoms with Crippen LogP contribution in [0.1, 0.15) is 31.2 Å². The highest BCUT2D eigenvalue weighted by molar-refractivity contribution is 6.17. The van der Waals surface area contributed by atoms with Crippen LogP contribution < -0.4 is 0 Å². The number of hydrogen-bond acceptors (Lipinski definition) is 3. The van der Waals surface area contributed by atoms with Crippen LogP contribution in [-0.2, 0) is 17.8 Å². The Kier molecular flexibility index (Phi) is 5.67. The Morgan fingerprint density at radius 3 is 2.79 bits per heavy atom. The fraction of sp³-hybridized carbons (Fsp3) is 0.786. The summed E-state index contributed by atoms with van der Waals surface area (Å²) in [4.78, 5) is 2.49. The topological polar surface area (TPSA) is 30.3 Å². The first-order valence-corrected chi connectivity index (χ1v) is 7.69. The van der Waals surface area contributed by atoms with Gasteiger partial charge in [0.05, 0.1) is 24.1 Å². The SMILES string of the molecule is CCn1nc(C)cc1CN1CCC(OCCCl)CC1. The third-order valence-corrected chi connectivity index (χ3v) is 3.79. The summed E-state index contributed by atoms with van der Waals surface area (Å²) >= 11 is 5.65. The number of piperidine rings is 1. The highest BCUT2D eigenvalue weighted by Gasteiger charge is 2.20. The summed E-state index contributed by atoms with van der Waals surface area (Å²) in [6.45, 7) is 9.01. The van der Waals surface area contributed by atoms with Gasteiger partial charge in [-0.25, -0.2) is 0 Å². The Morgan fingerprint density at radius 2 is 2.16 bits per heavy atom. The molecule has 0 amide bonds. The maximum atomic E-state index is 5.70. The minimum absolute atomic E-state index is 0.396. The summed E-state index contributed by atoms with van der Waals surface area (Å²) in [5, 5.41) is 4.50. The molecule has 0 N–H and O–H groups in total. The molecular weight excluding hydrogens is 262 g/mol. The van der Waals surface area contributed by atoms with E-state index in [2.05, 4.69) is 34.6 Å².